The topological polar surface area (TPSA) is 94.5 Å². The molecule has 0 atom stereocenters. The van der Waals surface area contributed by atoms with Crippen molar-refractivity contribution >= 4 is 49.2 Å². The molecule has 0 radical (unpaired) electrons. The van der Waals surface area contributed by atoms with Gasteiger partial charge in [-0.05, 0) is 49.4 Å². The van der Waals surface area contributed by atoms with Crippen LogP contribution >= 0.6 is 23.1 Å². The minimum atomic E-state index is -3.80. The molecule has 0 aliphatic carbocycles. The number of nitrogens with two attached hydrogens (primary N) is 1. The second-order valence-corrected chi connectivity index (χ2v) is 10.5. The third-order valence-corrected chi connectivity index (χ3v) is 7.39. The van der Waals surface area contributed by atoms with Gasteiger partial charge in [0, 0.05) is 17.9 Å². The van der Waals surface area contributed by atoms with Gasteiger partial charge in [0.25, 0.3) is 0 Å². The molecule has 2 N–H and O–H groups in total. The van der Waals surface area contributed by atoms with E-state index < -0.39 is 10.0 Å². The number of nitrogens with zero attached hydrogens (tertiary/aromatic N) is 2. The van der Waals surface area contributed by atoms with Gasteiger partial charge in [-0.1, -0.05) is 35.1 Å². The fourth-order valence-corrected chi connectivity index (χ4v) is 5.40. The summed E-state index contributed by atoms with van der Waals surface area (Å²) in [6, 6.07) is 13.0. The zero-order chi connectivity index (χ0) is 21.7. The van der Waals surface area contributed by atoms with Gasteiger partial charge in [-0.2, -0.15) is 4.99 Å². The molecule has 0 spiro atoms. The fourth-order valence-electron chi connectivity index (χ4n) is 2.83. The number of benzene rings is 2. The Hall–Kier alpha value is -2.20. The Balaban J connectivity index is 1.74. The number of primary sulfonamides is 1. The first-order valence-electron chi connectivity index (χ1n) is 9.32. The van der Waals surface area contributed by atoms with Crippen LogP contribution in [-0.2, 0) is 21.4 Å². The standard InChI is InChI=1S/C21H23N3O3S3/c1-3-12-24-18-11-10-17(30(22,26)27)14-19(18)29-21(24)23-20(25)5-4-13-28-16-8-6-15(2)7-9-16/h3,6-11,14H,1,4-5,12-13H2,2H3,(H2,22,26,27). The van der Waals surface area contributed by atoms with Crippen molar-refractivity contribution in [2.45, 2.75) is 36.1 Å². The molecule has 0 unspecified atom stereocenters. The van der Waals surface area contributed by atoms with Crippen molar-refractivity contribution in [2.75, 3.05) is 5.75 Å². The summed E-state index contributed by atoms with van der Waals surface area (Å²) in [6.07, 6.45) is 2.79. The first-order chi connectivity index (χ1) is 14.3. The van der Waals surface area contributed by atoms with E-state index in [1.807, 2.05) is 4.57 Å². The molecule has 3 aromatic rings. The molecule has 0 bridgehead atoms. The fraction of sp³-hybridized carbons (Fsp3) is 0.238. The van der Waals surface area contributed by atoms with Gasteiger partial charge in [0.2, 0.25) is 15.9 Å². The lowest BCUT2D eigenvalue weighted by molar-refractivity contribution is -0.118. The van der Waals surface area contributed by atoms with Crippen molar-refractivity contribution in [1.29, 1.82) is 0 Å². The predicted molar refractivity (Wildman–Crippen MR) is 123 cm³/mol. The average Bonchev–Trinajstić information content (AvgIpc) is 3.02. The molecule has 0 aliphatic rings. The van der Waals surface area contributed by atoms with Crippen molar-refractivity contribution < 1.29 is 13.2 Å². The van der Waals surface area contributed by atoms with Crippen molar-refractivity contribution in [2.24, 2.45) is 10.1 Å². The number of thiazole rings is 1. The van der Waals surface area contributed by atoms with Gasteiger partial charge in [-0.3, -0.25) is 4.79 Å². The molecular formula is C21H23N3O3S3. The molecule has 0 aliphatic heterocycles. The van der Waals surface area contributed by atoms with Crippen LogP contribution in [0, 0.1) is 6.92 Å². The van der Waals surface area contributed by atoms with E-state index in [0.717, 1.165) is 17.7 Å². The molecule has 6 nitrogen and oxygen atoms in total. The highest BCUT2D eigenvalue weighted by Gasteiger charge is 2.12. The van der Waals surface area contributed by atoms with Crippen LogP contribution in [0.15, 0.2) is 69.9 Å². The number of hydrogen-bond acceptors (Lipinski definition) is 5. The van der Waals surface area contributed by atoms with Gasteiger partial charge in [0.15, 0.2) is 4.80 Å². The van der Waals surface area contributed by atoms with E-state index in [2.05, 4.69) is 42.8 Å². The van der Waals surface area contributed by atoms with E-state index in [4.69, 9.17) is 5.14 Å². The number of aryl methyl sites for hydroxylation is 1. The zero-order valence-corrected chi connectivity index (χ0v) is 19.0. The molecule has 0 saturated carbocycles. The Kier molecular flexibility index (Phi) is 7.30. The van der Waals surface area contributed by atoms with Crippen LogP contribution in [0.5, 0.6) is 0 Å². The first-order valence-corrected chi connectivity index (χ1v) is 12.7. The zero-order valence-electron chi connectivity index (χ0n) is 16.6. The highest BCUT2D eigenvalue weighted by atomic mass is 32.2. The van der Waals surface area contributed by atoms with E-state index in [1.165, 1.54) is 33.9 Å². The minimum Gasteiger partial charge on any atom is -0.313 e. The average molecular weight is 462 g/mol. The number of sulfonamides is 1. The van der Waals surface area contributed by atoms with Gasteiger partial charge in [0.05, 0.1) is 15.1 Å². The van der Waals surface area contributed by atoms with E-state index in [0.29, 0.717) is 22.5 Å². The molecule has 1 amide bonds. The largest absolute Gasteiger partial charge is 0.313 e. The number of amides is 1. The highest BCUT2D eigenvalue weighted by molar-refractivity contribution is 7.99. The van der Waals surface area contributed by atoms with Gasteiger partial charge >= 0.3 is 0 Å². The Bertz CT molecular complexity index is 1240. The smallest absolute Gasteiger partial charge is 0.248 e. The van der Waals surface area contributed by atoms with Crippen molar-refractivity contribution in [3.8, 4) is 0 Å². The molecule has 30 heavy (non-hydrogen) atoms. The number of carbonyl (C=O) groups is 1. The minimum absolute atomic E-state index is 0.0352. The molecule has 0 fully saturated rings. The van der Waals surface area contributed by atoms with Crippen LogP contribution in [0.2, 0.25) is 0 Å². The summed E-state index contributed by atoms with van der Waals surface area (Å²) in [4.78, 5) is 18.4. The van der Waals surface area contributed by atoms with Crippen molar-refractivity contribution in [1.82, 2.24) is 4.57 Å². The summed E-state index contributed by atoms with van der Waals surface area (Å²) in [5, 5.41) is 5.22. The Labute approximate surface area is 184 Å². The quantitative estimate of drug-likeness (QED) is 0.313. The summed E-state index contributed by atoms with van der Waals surface area (Å²) < 4.78 is 25.8. The molecule has 2 aromatic carbocycles. The van der Waals surface area contributed by atoms with Crippen LogP contribution in [0.25, 0.3) is 10.2 Å². The summed E-state index contributed by atoms with van der Waals surface area (Å²) in [7, 11) is -3.80. The molecule has 1 aromatic heterocycles. The maximum absolute atomic E-state index is 12.4. The van der Waals surface area contributed by atoms with E-state index >= 15 is 0 Å². The number of allylic oxidation sites excluding steroid dienone is 1. The molecular weight excluding hydrogens is 438 g/mol. The van der Waals surface area contributed by atoms with Crippen LogP contribution in [-0.4, -0.2) is 24.6 Å². The lowest BCUT2D eigenvalue weighted by Gasteiger charge is -2.02. The van der Waals surface area contributed by atoms with Crippen molar-refractivity contribution in [3.05, 3.63) is 65.5 Å². The molecule has 0 saturated heterocycles. The van der Waals surface area contributed by atoms with Gasteiger partial charge in [-0.15, -0.1) is 18.3 Å². The molecule has 9 heteroatoms. The number of aromatic nitrogens is 1. The SMILES string of the molecule is C=CCn1c(=NC(=O)CCCSc2ccc(C)cc2)sc2cc(S(N)(=O)=O)ccc21. The third kappa shape index (κ3) is 5.69. The van der Waals surface area contributed by atoms with E-state index in [1.54, 1.807) is 23.9 Å². The van der Waals surface area contributed by atoms with E-state index in [9.17, 15) is 13.2 Å². The Morgan fingerprint density at radius 2 is 2.00 bits per heavy atom. The summed E-state index contributed by atoms with van der Waals surface area (Å²) in [5.74, 6) is 0.636. The second kappa shape index (κ2) is 9.74. The first kappa shape index (κ1) is 22.5. The Morgan fingerprint density at radius 1 is 1.27 bits per heavy atom. The normalized spacial score (nSPS) is 12.4. The number of rotatable bonds is 8. The van der Waals surface area contributed by atoms with Gasteiger partial charge in [0.1, 0.15) is 0 Å². The Morgan fingerprint density at radius 3 is 2.67 bits per heavy atom. The summed E-state index contributed by atoms with van der Waals surface area (Å²) in [6.45, 7) is 6.27. The lowest BCUT2D eigenvalue weighted by Crippen LogP contribution is -2.16. The lowest BCUT2D eigenvalue weighted by atomic mass is 10.2. The van der Waals surface area contributed by atoms with Crippen LogP contribution in [0.3, 0.4) is 0 Å². The highest BCUT2D eigenvalue weighted by Crippen LogP contribution is 2.22. The van der Waals surface area contributed by atoms with Crippen molar-refractivity contribution in [3.63, 3.8) is 0 Å². The van der Waals surface area contributed by atoms with Crippen LogP contribution in [0.1, 0.15) is 18.4 Å². The van der Waals surface area contributed by atoms with Crippen LogP contribution < -0.4 is 9.94 Å². The predicted octanol–water partition coefficient (Wildman–Crippen LogP) is 3.84. The van der Waals surface area contributed by atoms with Gasteiger partial charge < -0.3 is 4.57 Å². The van der Waals surface area contributed by atoms with Crippen LogP contribution in [0.4, 0.5) is 0 Å². The van der Waals surface area contributed by atoms with Gasteiger partial charge in [-0.25, -0.2) is 13.6 Å². The maximum atomic E-state index is 12.4. The summed E-state index contributed by atoms with van der Waals surface area (Å²) in [5.41, 5.74) is 2.01. The monoisotopic (exact) mass is 461 g/mol. The number of thioether (sulfide) groups is 1. The summed E-state index contributed by atoms with van der Waals surface area (Å²) >= 11 is 2.98. The number of carbonyl (C=O) groups excluding carboxylic acids is 1. The second-order valence-electron chi connectivity index (χ2n) is 6.73. The third-order valence-electron chi connectivity index (χ3n) is 4.34. The molecule has 158 valence electrons. The number of fused-ring (bicyclic) bond motifs is 1. The van der Waals surface area contributed by atoms with E-state index in [-0.39, 0.29) is 10.8 Å². The molecule has 3 rings (SSSR count). The maximum Gasteiger partial charge on any atom is 0.248 e. The molecule has 1 heterocycles. The number of hydrogen-bond donors (Lipinski definition) is 1.